The minimum atomic E-state index is -3.15. The van der Waals surface area contributed by atoms with Crippen molar-refractivity contribution in [2.24, 2.45) is 5.92 Å². The van der Waals surface area contributed by atoms with Crippen LogP contribution in [0.4, 0.5) is 18.9 Å². The molecule has 1 saturated carbocycles. The summed E-state index contributed by atoms with van der Waals surface area (Å²) >= 11 is 5.87. The summed E-state index contributed by atoms with van der Waals surface area (Å²) < 4.78 is 50.4. The van der Waals surface area contributed by atoms with Crippen LogP contribution in [0.5, 0.6) is 5.75 Å². The topological polar surface area (TPSA) is 77.5 Å². The van der Waals surface area contributed by atoms with Crippen molar-refractivity contribution in [3.05, 3.63) is 76.8 Å². The number of benzene rings is 2. The third-order valence-corrected chi connectivity index (χ3v) is 6.37. The molecular weight excluding hydrogens is 533 g/mol. The van der Waals surface area contributed by atoms with Gasteiger partial charge in [0.1, 0.15) is 11.4 Å². The van der Waals surface area contributed by atoms with Gasteiger partial charge >= 0.3 is 12.6 Å². The van der Waals surface area contributed by atoms with E-state index in [0.29, 0.717) is 29.3 Å². The number of carbonyl (C=O) groups excluding carboxylic acids is 2. The van der Waals surface area contributed by atoms with Crippen molar-refractivity contribution in [1.29, 1.82) is 0 Å². The zero-order chi connectivity index (χ0) is 28.3. The average Bonchev–Trinajstić information content (AvgIpc) is 3.69. The van der Waals surface area contributed by atoms with Crippen LogP contribution in [0.25, 0.3) is 11.1 Å². The Kier molecular flexibility index (Phi) is 8.49. The first-order valence-corrected chi connectivity index (χ1v) is 12.8. The molecule has 1 atom stereocenters. The molecule has 2 aromatic carbocycles. The normalized spacial score (nSPS) is 14.2. The lowest BCUT2D eigenvalue weighted by molar-refractivity contribution is -0.117. The monoisotopic (exact) mass is 560 g/mol. The number of anilines is 1. The van der Waals surface area contributed by atoms with Crippen molar-refractivity contribution in [3.63, 3.8) is 0 Å². The summed E-state index contributed by atoms with van der Waals surface area (Å²) in [7, 11) is 0. The smallest absolute Gasteiger partial charge is 0.387 e. The van der Waals surface area contributed by atoms with Crippen molar-refractivity contribution in [2.75, 3.05) is 5.32 Å². The Morgan fingerprint density at radius 1 is 1.08 bits per heavy atom. The summed E-state index contributed by atoms with van der Waals surface area (Å²) in [5.74, 6) is -2.25. The summed E-state index contributed by atoms with van der Waals surface area (Å²) in [6.07, 6.45) is 3.90. The molecule has 4 rings (SSSR count). The number of esters is 1. The van der Waals surface area contributed by atoms with Crippen LogP contribution in [0.3, 0.4) is 0 Å². The summed E-state index contributed by atoms with van der Waals surface area (Å²) in [5.41, 5.74) is 0.622. The van der Waals surface area contributed by atoms with Crippen molar-refractivity contribution >= 4 is 29.2 Å². The molecule has 0 spiro atoms. The number of rotatable bonds is 9. The third kappa shape index (κ3) is 7.50. The molecule has 6 nitrogen and oxygen atoms in total. The van der Waals surface area contributed by atoms with Crippen LogP contribution >= 0.6 is 11.6 Å². The van der Waals surface area contributed by atoms with E-state index in [-0.39, 0.29) is 27.8 Å². The van der Waals surface area contributed by atoms with Gasteiger partial charge in [0.25, 0.3) is 0 Å². The first kappa shape index (κ1) is 28.4. The second-order valence-corrected chi connectivity index (χ2v) is 10.8. The molecule has 1 heterocycles. The van der Waals surface area contributed by atoms with Gasteiger partial charge in [-0.25, -0.2) is 9.18 Å². The van der Waals surface area contributed by atoms with Crippen molar-refractivity contribution in [2.45, 2.75) is 58.2 Å². The number of hydrogen-bond donors (Lipinski definition) is 1. The second-order valence-electron chi connectivity index (χ2n) is 10.4. The highest BCUT2D eigenvalue weighted by molar-refractivity contribution is 6.31. The third-order valence-electron chi connectivity index (χ3n) is 6.07. The minimum Gasteiger partial charge on any atom is -0.456 e. The van der Waals surface area contributed by atoms with Crippen LogP contribution in [-0.2, 0) is 9.53 Å². The molecule has 0 radical (unpaired) electrons. The summed E-state index contributed by atoms with van der Waals surface area (Å²) in [5, 5.41) is 2.62. The Morgan fingerprint density at radius 2 is 1.77 bits per heavy atom. The van der Waals surface area contributed by atoms with Crippen LogP contribution in [0.1, 0.15) is 62.0 Å². The Hall–Kier alpha value is -3.59. The first-order valence-electron chi connectivity index (χ1n) is 12.4. The van der Waals surface area contributed by atoms with Gasteiger partial charge in [0.2, 0.25) is 5.91 Å². The van der Waals surface area contributed by atoms with Gasteiger partial charge in [0.05, 0.1) is 27.8 Å². The maximum atomic E-state index is 14.8. The number of carbonyl (C=O) groups is 2. The van der Waals surface area contributed by atoms with E-state index < -0.39 is 29.9 Å². The number of pyridine rings is 1. The molecule has 1 amide bonds. The van der Waals surface area contributed by atoms with Gasteiger partial charge < -0.3 is 14.8 Å². The zero-order valence-electron chi connectivity index (χ0n) is 21.6. The Morgan fingerprint density at radius 3 is 2.33 bits per heavy atom. The number of halogens is 4. The lowest BCUT2D eigenvalue weighted by Crippen LogP contribution is -2.24. The van der Waals surface area contributed by atoms with E-state index in [4.69, 9.17) is 16.3 Å². The highest BCUT2D eigenvalue weighted by Gasteiger charge is 2.31. The number of alkyl halides is 2. The van der Waals surface area contributed by atoms with E-state index in [1.165, 1.54) is 12.3 Å². The maximum Gasteiger partial charge on any atom is 0.387 e. The average molecular weight is 561 g/mol. The van der Waals surface area contributed by atoms with Crippen LogP contribution in [0.15, 0.2) is 54.7 Å². The Labute approximate surface area is 229 Å². The molecule has 39 heavy (non-hydrogen) atoms. The molecular formula is C29H28ClF3N2O4. The van der Waals surface area contributed by atoms with Gasteiger partial charge in [-0.1, -0.05) is 30.5 Å². The van der Waals surface area contributed by atoms with Crippen LogP contribution in [-0.4, -0.2) is 29.1 Å². The van der Waals surface area contributed by atoms with E-state index in [1.54, 1.807) is 51.1 Å². The van der Waals surface area contributed by atoms with E-state index in [1.807, 2.05) is 0 Å². The fraction of sp³-hybridized carbons (Fsp3) is 0.345. The van der Waals surface area contributed by atoms with Crippen molar-refractivity contribution < 1.29 is 32.2 Å². The molecule has 1 aromatic heterocycles. The van der Waals surface area contributed by atoms with E-state index >= 15 is 0 Å². The summed E-state index contributed by atoms with van der Waals surface area (Å²) in [4.78, 5) is 29.9. The Balaban J connectivity index is 1.54. The number of hydrogen-bond acceptors (Lipinski definition) is 5. The summed E-state index contributed by atoms with van der Waals surface area (Å²) in [6, 6.07) is 11.8. The molecule has 10 heteroatoms. The fourth-order valence-corrected chi connectivity index (χ4v) is 4.22. The van der Waals surface area contributed by atoms with Crippen LogP contribution in [0.2, 0.25) is 5.02 Å². The number of nitrogens with zero attached hydrogens (tertiary/aromatic N) is 1. The van der Waals surface area contributed by atoms with E-state index in [0.717, 1.165) is 25.0 Å². The molecule has 1 unspecified atom stereocenters. The maximum absolute atomic E-state index is 14.8. The van der Waals surface area contributed by atoms with Crippen LogP contribution in [0, 0.1) is 11.7 Å². The van der Waals surface area contributed by atoms with Gasteiger partial charge in [-0.05, 0) is 75.6 Å². The predicted octanol–water partition coefficient (Wildman–Crippen LogP) is 7.62. The molecule has 3 aromatic rings. The number of amides is 1. The van der Waals surface area contributed by atoms with Crippen molar-refractivity contribution in [1.82, 2.24) is 4.98 Å². The largest absolute Gasteiger partial charge is 0.456 e. The minimum absolute atomic E-state index is 0.178. The van der Waals surface area contributed by atoms with Gasteiger partial charge in [-0.2, -0.15) is 8.78 Å². The molecule has 0 aliphatic heterocycles. The molecule has 0 bridgehead atoms. The summed E-state index contributed by atoms with van der Waals surface area (Å²) in [6.45, 7) is 2.19. The van der Waals surface area contributed by atoms with E-state index in [2.05, 4.69) is 15.0 Å². The molecule has 206 valence electrons. The quantitative estimate of drug-likeness (QED) is 0.272. The number of nitrogens with one attached hydrogen (secondary N) is 1. The Bertz CT molecular complexity index is 1340. The fourth-order valence-electron chi connectivity index (χ4n) is 4.06. The number of ether oxygens (including phenoxy) is 2. The second kappa shape index (κ2) is 11.7. The zero-order valence-corrected chi connectivity index (χ0v) is 22.4. The van der Waals surface area contributed by atoms with Gasteiger partial charge in [-0.3, -0.25) is 9.78 Å². The molecule has 0 saturated heterocycles. The van der Waals surface area contributed by atoms with Crippen LogP contribution < -0.4 is 10.1 Å². The molecule has 1 aliphatic rings. The first-order chi connectivity index (χ1) is 18.4. The molecule has 1 fully saturated rings. The van der Waals surface area contributed by atoms with Gasteiger partial charge in [0, 0.05) is 17.4 Å². The molecule has 1 N–H and O–H groups in total. The van der Waals surface area contributed by atoms with Gasteiger partial charge in [0.15, 0.2) is 5.82 Å². The van der Waals surface area contributed by atoms with Gasteiger partial charge in [-0.15, -0.1) is 0 Å². The lowest BCUT2D eigenvalue weighted by atomic mass is 9.95. The highest BCUT2D eigenvalue weighted by atomic mass is 35.5. The van der Waals surface area contributed by atoms with E-state index in [9.17, 15) is 22.8 Å². The standard InChI is InChI=1S/C29H28ClF3N2O4/c1-29(2,3)39-27(37)17-6-9-19(10-7-17)35-26(36)20(14-16-4-5-16)22-12-8-18(15-34-22)24-23(38-28(32)33)13-11-21(30)25(24)31/h6-13,15-16,20,28H,4-5,14H2,1-3H3,(H,35,36). The highest BCUT2D eigenvalue weighted by Crippen LogP contribution is 2.40. The lowest BCUT2D eigenvalue weighted by Gasteiger charge is -2.20. The molecule has 1 aliphatic carbocycles. The van der Waals surface area contributed by atoms with Crippen molar-refractivity contribution in [3.8, 4) is 16.9 Å². The number of aromatic nitrogens is 1. The predicted molar refractivity (Wildman–Crippen MR) is 142 cm³/mol. The SMILES string of the molecule is CC(C)(C)OC(=O)c1ccc(NC(=O)C(CC2CC2)c2ccc(-c3c(OC(F)F)ccc(Cl)c3F)cn2)cc1.